The number of aromatic nitrogens is 1. The van der Waals surface area contributed by atoms with E-state index in [9.17, 15) is 8.78 Å². The van der Waals surface area contributed by atoms with Crippen LogP contribution in [0.5, 0.6) is 0 Å². The van der Waals surface area contributed by atoms with Crippen LogP contribution in [0.4, 0.5) is 8.78 Å². The van der Waals surface area contributed by atoms with Crippen molar-refractivity contribution in [3.05, 3.63) is 36.0 Å². The molecule has 1 aliphatic rings. The number of hydrogen-bond donors (Lipinski definition) is 2. The fraction of sp³-hybridized carbons (Fsp3) is 0.333. The van der Waals surface area contributed by atoms with Gasteiger partial charge in [0.1, 0.15) is 0 Å². The van der Waals surface area contributed by atoms with Gasteiger partial charge in [-0.1, -0.05) is 18.2 Å². The number of hydrogen-bond acceptors (Lipinski definition) is 1. The molecule has 2 aromatic rings. The lowest BCUT2D eigenvalue weighted by molar-refractivity contribution is 0.0895. The number of benzene rings is 1. The summed E-state index contributed by atoms with van der Waals surface area (Å²) in [6.45, 7) is 0. The number of halogens is 2. The Morgan fingerprint density at radius 1 is 1.31 bits per heavy atom. The number of para-hydroxylation sites is 1. The zero-order valence-corrected chi connectivity index (χ0v) is 8.63. The normalized spacial score (nSPS) is 27.2. The molecule has 1 aromatic carbocycles. The summed E-state index contributed by atoms with van der Waals surface area (Å²) in [5.41, 5.74) is 6.14. The standard InChI is InChI=1S/C12H12F2N2/c13-12(14)7-11(12,15)5-8-6-16-10-4-2-1-3-9(8)10/h1-4,6,16H,5,7,15H2. The van der Waals surface area contributed by atoms with Gasteiger partial charge in [-0.2, -0.15) is 0 Å². The summed E-state index contributed by atoms with van der Waals surface area (Å²) in [5, 5.41) is 0.982. The summed E-state index contributed by atoms with van der Waals surface area (Å²) in [5.74, 6) is -2.70. The summed E-state index contributed by atoms with van der Waals surface area (Å²) in [6, 6.07) is 7.65. The molecule has 84 valence electrons. The van der Waals surface area contributed by atoms with Crippen LogP contribution in [0.15, 0.2) is 30.5 Å². The minimum atomic E-state index is -2.70. The van der Waals surface area contributed by atoms with E-state index in [4.69, 9.17) is 5.73 Å². The fourth-order valence-corrected chi connectivity index (χ4v) is 2.16. The highest BCUT2D eigenvalue weighted by molar-refractivity contribution is 5.83. The number of fused-ring (bicyclic) bond motifs is 1. The molecule has 0 saturated heterocycles. The molecule has 1 aliphatic carbocycles. The third-order valence-corrected chi connectivity index (χ3v) is 3.32. The first kappa shape index (κ1) is 9.78. The molecular formula is C12H12F2N2. The van der Waals surface area contributed by atoms with E-state index in [0.717, 1.165) is 16.5 Å². The van der Waals surface area contributed by atoms with Crippen LogP contribution in [0.1, 0.15) is 12.0 Å². The van der Waals surface area contributed by atoms with Gasteiger partial charge in [0, 0.05) is 23.5 Å². The van der Waals surface area contributed by atoms with E-state index in [1.54, 1.807) is 6.20 Å². The van der Waals surface area contributed by atoms with Crippen LogP contribution in [0.2, 0.25) is 0 Å². The number of aromatic amines is 1. The second-order valence-electron chi connectivity index (χ2n) is 4.57. The van der Waals surface area contributed by atoms with Crippen LogP contribution in [0.3, 0.4) is 0 Å². The van der Waals surface area contributed by atoms with Crippen LogP contribution in [-0.2, 0) is 6.42 Å². The first-order valence-electron chi connectivity index (χ1n) is 5.24. The molecule has 3 rings (SSSR count). The molecule has 1 saturated carbocycles. The lowest BCUT2D eigenvalue weighted by Gasteiger charge is -2.08. The van der Waals surface area contributed by atoms with E-state index in [2.05, 4.69) is 4.98 Å². The maximum absolute atomic E-state index is 13.0. The Morgan fingerprint density at radius 3 is 2.69 bits per heavy atom. The van der Waals surface area contributed by atoms with Gasteiger partial charge >= 0.3 is 0 Å². The van der Waals surface area contributed by atoms with Gasteiger partial charge in [0.15, 0.2) is 0 Å². The van der Waals surface area contributed by atoms with Crippen molar-refractivity contribution in [1.29, 1.82) is 0 Å². The van der Waals surface area contributed by atoms with Crippen molar-refractivity contribution in [2.24, 2.45) is 5.73 Å². The van der Waals surface area contributed by atoms with Crippen molar-refractivity contribution in [3.8, 4) is 0 Å². The summed E-state index contributed by atoms with van der Waals surface area (Å²) in [4.78, 5) is 3.07. The third-order valence-electron chi connectivity index (χ3n) is 3.32. The SMILES string of the molecule is NC1(Cc2c[nH]c3ccccc23)CC1(F)F. The van der Waals surface area contributed by atoms with Gasteiger partial charge in [0.05, 0.1) is 5.54 Å². The first-order chi connectivity index (χ1) is 7.52. The van der Waals surface area contributed by atoms with Crippen molar-refractivity contribution in [3.63, 3.8) is 0 Å². The van der Waals surface area contributed by atoms with Gasteiger partial charge in [-0.05, 0) is 18.1 Å². The average Bonchev–Trinajstić information content (AvgIpc) is 2.59. The van der Waals surface area contributed by atoms with Crippen LogP contribution >= 0.6 is 0 Å². The fourth-order valence-electron chi connectivity index (χ4n) is 2.16. The molecule has 4 heteroatoms. The lowest BCUT2D eigenvalue weighted by Crippen LogP contribution is -2.32. The summed E-state index contributed by atoms with van der Waals surface area (Å²) in [7, 11) is 0. The minimum absolute atomic E-state index is 0.209. The molecule has 16 heavy (non-hydrogen) atoms. The van der Waals surface area contributed by atoms with Crippen molar-refractivity contribution in [2.75, 3.05) is 0 Å². The van der Waals surface area contributed by atoms with E-state index in [1.807, 2.05) is 24.3 Å². The Kier molecular flexibility index (Phi) is 1.73. The second kappa shape index (κ2) is 2.83. The molecule has 0 bridgehead atoms. The topological polar surface area (TPSA) is 41.8 Å². The molecular weight excluding hydrogens is 210 g/mol. The Balaban J connectivity index is 1.97. The van der Waals surface area contributed by atoms with Gasteiger partial charge in [-0.25, -0.2) is 8.78 Å². The summed E-state index contributed by atoms with van der Waals surface area (Å²) in [6.07, 6.45) is 1.79. The smallest absolute Gasteiger partial charge is 0.268 e. The average molecular weight is 222 g/mol. The maximum Gasteiger partial charge on any atom is 0.268 e. The van der Waals surface area contributed by atoms with Gasteiger partial charge in [-0.3, -0.25) is 0 Å². The van der Waals surface area contributed by atoms with Gasteiger partial charge in [0.25, 0.3) is 5.92 Å². The van der Waals surface area contributed by atoms with Crippen molar-refractivity contribution in [1.82, 2.24) is 4.98 Å². The van der Waals surface area contributed by atoms with Crippen LogP contribution in [0, 0.1) is 0 Å². The molecule has 0 aliphatic heterocycles. The van der Waals surface area contributed by atoms with Crippen LogP contribution in [-0.4, -0.2) is 16.4 Å². The molecule has 1 aromatic heterocycles. The highest BCUT2D eigenvalue weighted by atomic mass is 19.3. The Morgan fingerprint density at radius 2 is 2.00 bits per heavy atom. The predicted molar refractivity (Wildman–Crippen MR) is 58.5 cm³/mol. The summed E-state index contributed by atoms with van der Waals surface area (Å²) < 4.78 is 26.1. The van der Waals surface area contributed by atoms with Gasteiger partial charge in [0.2, 0.25) is 0 Å². The Hall–Kier alpha value is -1.42. The largest absolute Gasteiger partial charge is 0.361 e. The number of rotatable bonds is 2. The molecule has 0 radical (unpaired) electrons. The number of alkyl halides is 2. The predicted octanol–water partition coefficient (Wildman–Crippen LogP) is 2.45. The minimum Gasteiger partial charge on any atom is -0.361 e. The van der Waals surface area contributed by atoms with E-state index in [0.29, 0.717) is 0 Å². The van der Waals surface area contributed by atoms with Crippen LogP contribution in [0.25, 0.3) is 10.9 Å². The Labute approximate surface area is 91.4 Å². The molecule has 1 heterocycles. The zero-order valence-electron chi connectivity index (χ0n) is 8.63. The zero-order chi connectivity index (χ0) is 11.4. The summed E-state index contributed by atoms with van der Waals surface area (Å²) >= 11 is 0. The molecule has 2 nitrogen and oxygen atoms in total. The lowest BCUT2D eigenvalue weighted by atomic mass is 10.0. The first-order valence-corrected chi connectivity index (χ1v) is 5.24. The molecule has 1 atom stereocenters. The Bertz CT molecular complexity index is 547. The molecule has 3 N–H and O–H groups in total. The van der Waals surface area contributed by atoms with Gasteiger partial charge < -0.3 is 10.7 Å². The quantitative estimate of drug-likeness (QED) is 0.805. The van der Waals surface area contributed by atoms with E-state index in [-0.39, 0.29) is 12.8 Å². The third kappa shape index (κ3) is 1.26. The molecule has 1 unspecified atom stereocenters. The van der Waals surface area contributed by atoms with Gasteiger partial charge in [-0.15, -0.1) is 0 Å². The molecule has 0 spiro atoms. The number of H-pyrrole nitrogens is 1. The van der Waals surface area contributed by atoms with E-state index < -0.39 is 11.5 Å². The highest BCUT2D eigenvalue weighted by Crippen LogP contribution is 2.52. The molecule has 1 fully saturated rings. The van der Waals surface area contributed by atoms with Crippen molar-refractivity contribution >= 4 is 10.9 Å². The second-order valence-corrected chi connectivity index (χ2v) is 4.57. The van der Waals surface area contributed by atoms with E-state index in [1.165, 1.54) is 0 Å². The monoisotopic (exact) mass is 222 g/mol. The van der Waals surface area contributed by atoms with Crippen molar-refractivity contribution in [2.45, 2.75) is 24.3 Å². The maximum atomic E-state index is 13.0. The van der Waals surface area contributed by atoms with Crippen molar-refractivity contribution < 1.29 is 8.78 Å². The highest BCUT2D eigenvalue weighted by Gasteiger charge is 2.68. The molecule has 0 amide bonds. The number of nitrogens with two attached hydrogens (primary N) is 1. The number of nitrogens with one attached hydrogen (secondary N) is 1. The van der Waals surface area contributed by atoms with E-state index >= 15 is 0 Å². The van der Waals surface area contributed by atoms with Crippen LogP contribution < -0.4 is 5.73 Å².